The largest absolute Gasteiger partial charge is 0.285 e. The van der Waals surface area contributed by atoms with Crippen molar-refractivity contribution in [3.8, 4) is 0 Å². The van der Waals surface area contributed by atoms with Gasteiger partial charge in [-0.3, -0.25) is 20.3 Å². The van der Waals surface area contributed by atoms with Crippen molar-refractivity contribution in [2.75, 3.05) is 13.1 Å². The lowest BCUT2D eigenvalue weighted by Crippen LogP contribution is -2.48. The number of nitrogens with zero attached hydrogens (tertiary/aromatic N) is 2. The van der Waals surface area contributed by atoms with Crippen molar-refractivity contribution in [2.24, 2.45) is 11.3 Å². The highest BCUT2D eigenvalue weighted by atomic mass is 16.6. The van der Waals surface area contributed by atoms with E-state index in [1.807, 2.05) is 5.01 Å². The molecule has 6 heteroatoms. The SMILES string of the molecule is Cc1cccc([N+](=O)[O-])c1C(=O)NN1CCC(C(C)(C)C)CC1. The lowest BCUT2D eigenvalue weighted by Gasteiger charge is -2.38. The van der Waals surface area contributed by atoms with Crippen molar-refractivity contribution in [1.82, 2.24) is 10.4 Å². The van der Waals surface area contributed by atoms with Gasteiger partial charge >= 0.3 is 0 Å². The van der Waals surface area contributed by atoms with E-state index in [0.29, 0.717) is 11.5 Å². The van der Waals surface area contributed by atoms with Crippen molar-refractivity contribution < 1.29 is 9.72 Å². The van der Waals surface area contributed by atoms with E-state index in [1.54, 1.807) is 19.1 Å². The Morgan fingerprint density at radius 1 is 1.30 bits per heavy atom. The number of carbonyl (C=O) groups excluding carboxylic acids is 1. The molecule has 1 aromatic rings. The Bertz CT molecular complexity index is 600. The second-order valence-electron chi connectivity index (χ2n) is 7.29. The molecular weight excluding hydrogens is 294 g/mol. The third-order valence-electron chi connectivity index (χ3n) is 4.65. The van der Waals surface area contributed by atoms with Crippen LogP contribution in [0.2, 0.25) is 0 Å². The summed E-state index contributed by atoms with van der Waals surface area (Å²) >= 11 is 0. The normalized spacial score (nSPS) is 17.0. The van der Waals surface area contributed by atoms with E-state index in [2.05, 4.69) is 26.2 Å². The maximum absolute atomic E-state index is 12.5. The fourth-order valence-electron chi connectivity index (χ4n) is 3.16. The molecule has 2 rings (SSSR count). The molecule has 0 aliphatic carbocycles. The maximum atomic E-state index is 12.5. The topological polar surface area (TPSA) is 75.5 Å². The van der Waals surface area contributed by atoms with Crippen molar-refractivity contribution in [1.29, 1.82) is 0 Å². The number of nitro groups is 1. The smallest absolute Gasteiger partial charge is 0.282 e. The summed E-state index contributed by atoms with van der Waals surface area (Å²) in [5.41, 5.74) is 3.72. The van der Waals surface area contributed by atoms with Crippen LogP contribution in [0.15, 0.2) is 18.2 Å². The van der Waals surface area contributed by atoms with E-state index in [0.717, 1.165) is 25.9 Å². The highest BCUT2D eigenvalue weighted by molar-refractivity contribution is 5.99. The van der Waals surface area contributed by atoms with E-state index in [4.69, 9.17) is 0 Å². The van der Waals surface area contributed by atoms with Gasteiger partial charge in [-0.2, -0.15) is 0 Å². The van der Waals surface area contributed by atoms with Gasteiger partial charge in [0.2, 0.25) is 0 Å². The monoisotopic (exact) mass is 319 g/mol. The number of piperidine rings is 1. The molecule has 0 spiro atoms. The summed E-state index contributed by atoms with van der Waals surface area (Å²) in [5, 5.41) is 13.0. The molecule has 126 valence electrons. The Morgan fingerprint density at radius 2 is 1.91 bits per heavy atom. The average Bonchev–Trinajstić information content (AvgIpc) is 2.46. The van der Waals surface area contributed by atoms with Crippen LogP contribution in [-0.4, -0.2) is 28.9 Å². The molecule has 1 aliphatic heterocycles. The molecule has 0 aromatic heterocycles. The van der Waals surface area contributed by atoms with Gasteiger partial charge in [-0.1, -0.05) is 32.9 Å². The number of carbonyl (C=O) groups is 1. The summed E-state index contributed by atoms with van der Waals surface area (Å²) in [6, 6.07) is 4.68. The lowest BCUT2D eigenvalue weighted by molar-refractivity contribution is -0.385. The van der Waals surface area contributed by atoms with Gasteiger partial charge in [-0.15, -0.1) is 0 Å². The first-order valence-corrected chi connectivity index (χ1v) is 8.00. The zero-order valence-electron chi connectivity index (χ0n) is 14.3. The van der Waals surface area contributed by atoms with Crippen LogP contribution in [0.3, 0.4) is 0 Å². The van der Waals surface area contributed by atoms with E-state index in [-0.39, 0.29) is 16.7 Å². The molecule has 1 amide bonds. The van der Waals surface area contributed by atoms with Crippen LogP contribution < -0.4 is 5.43 Å². The van der Waals surface area contributed by atoms with Crippen LogP contribution in [-0.2, 0) is 0 Å². The van der Waals surface area contributed by atoms with Crippen molar-refractivity contribution in [3.63, 3.8) is 0 Å². The molecule has 1 heterocycles. The Hall–Kier alpha value is -1.95. The third-order valence-corrected chi connectivity index (χ3v) is 4.65. The fourth-order valence-corrected chi connectivity index (χ4v) is 3.16. The molecule has 0 saturated carbocycles. The predicted octanol–water partition coefficient (Wildman–Crippen LogP) is 3.31. The summed E-state index contributed by atoms with van der Waals surface area (Å²) in [6.45, 7) is 9.97. The van der Waals surface area contributed by atoms with Crippen LogP contribution in [0.1, 0.15) is 49.5 Å². The van der Waals surface area contributed by atoms with E-state index >= 15 is 0 Å². The van der Waals surface area contributed by atoms with E-state index < -0.39 is 10.8 Å². The summed E-state index contributed by atoms with van der Waals surface area (Å²) in [7, 11) is 0. The standard InChI is InChI=1S/C17H25N3O3/c1-12-6-5-7-14(20(22)23)15(12)16(21)18-19-10-8-13(9-11-19)17(2,3)4/h5-7,13H,8-11H2,1-4H3,(H,18,21). The maximum Gasteiger partial charge on any atom is 0.282 e. The van der Waals surface area contributed by atoms with Gasteiger partial charge in [0.25, 0.3) is 11.6 Å². The van der Waals surface area contributed by atoms with Crippen LogP contribution >= 0.6 is 0 Å². The molecule has 6 nitrogen and oxygen atoms in total. The van der Waals surface area contributed by atoms with Crippen molar-refractivity contribution in [3.05, 3.63) is 39.4 Å². The van der Waals surface area contributed by atoms with Gasteiger partial charge < -0.3 is 0 Å². The lowest BCUT2D eigenvalue weighted by atomic mass is 9.75. The number of rotatable bonds is 3. The summed E-state index contributed by atoms with van der Waals surface area (Å²) in [5.74, 6) is 0.229. The molecule has 1 N–H and O–H groups in total. The van der Waals surface area contributed by atoms with Gasteiger partial charge in [0.1, 0.15) is 5.56 Å². The molecule has 0 atom stereocenters. The molecule has 1 aliphatic rings. The van der Waals surface area contributed by atoms with E-state index in [9.17, 15) is 14.9 Å². The molecule has 23 heavy (non-hydrogen) atoms. The zero-order chi connectivity index (χ0) is 17.2. The van der Waals surface area contributed by atoms with Gasteiger partial charge in [0.15, 0.2) is 0 Å². The predicted molar refractivity (Wildman–Crippen MR) is 89.1 cm³/mol. The fraction of sp³-hybridized carbons (Fsp3) is 0.588. The zero-order valence-corrected chi connectivity index (χ0v) is 14.3. The van der Waals surface area contributed by atoms with Gasteiger partial charge in [-0.05, 0) is 36.7 Å². The average molecular weight is 319 g/mol. The Balaban J connectivity index is 2.06. The summed E-state index contributed by atoms with van der Waals surface area (Å²) < 4.78 is 0. The van der Waals surface area contributed by atoms with Gasteiger partial charge in [0.05, 0.1) is 4.92 Å². The van der Waals surface area contributed by atoms with Crippen molar-refractivity contribution >= 4 is 11.6 Å². The van der Waals surface area contributed by atoms with Crippen molar-refractivity contribution in [2.45, 2.75) is 40.5 Å². The first-order valence-electron chi connectivity index (χ1n) is 8.00. The van der Waals surface area contributed by atoms with Crippen LogP contribution in [0.4, 0.5) is 5.69 Å². The van der Waals surface area contributed by atoms with Crippen LogP contribution in [0.25, 0.3) is 0 Å². The number of nitro benzene ring substituents is 1. The van der Waals surface area contributed by atoms with Crippen LogP contribution in [0.5, 0.6) is 0 Å². The number of hydrogen-bond donors (Lipinski definition) is 1. The molecule has 1 fully saturated rings. The molecule has 0 bridgehead atoms. The minimum Gasteiger partial charge on any atom is -0.285 e. The van der Waals surface area contributed by atoms with Crippen LogP contribution in [0, 0.1) is 28.4 Å². The molecule has 0 radical (unpaired) electrons. The summed E-state index contributed by atoms with van der Waals surface area (Å²) in [4.78, 5) is 23.1. The molecule has 1 saturated heterocycles. The molecule has 1 aromatic carbocycles. The number of benzene rings is 1. The number of amides is 1. The van der Waals surface area contributed by atoms with Gasteiger partial charge in [0, 0.05) is 19.2 Å². The minimum atomic E-state index is -0.506. The number of hydrogen-bond acceptors (Lipinski definition) is 4. The number of nitrogens with one attached hydrogen (secondary N) is 1. The van der Waals surface area contributed by atoms with E-state index in [1.165, 1.54) is 6.07 Å². The molecule has 0 unspecified atom stereocenters. The quantitative estimate of drug-likeness (QED) is 0.685. The molecular formula is C17H25N3O3. The first kappa shape index (κ1) is 17.4. The minimum absolute atomic E-state index is 0.146. The second-order valence-corrected chi connectivity index (χ2v) is 7.29. The highest BCUT2D eigenvalue weighted by Crippen LogP contribution is 2.34. The Morgan fingerprint density at radius 3 is 2.43 bits per heavy atom. The number of aryl methyl sites for hydroxylation is 1. The highest BCUT2D eigenvalue weighted by Gasteiger charge is 2.30. The number of hydrazine groups is 1. The third kappa shape index (κ3) is 4.07. The Kier molecular flexibility index (Phi) is 5.04. The Labute approximate surface area is 137 Å². The second kappa shape index (κ2) is 6.66. The first-order chi connectivity index (χ1) is 10.7. The van der Waals surface area contributed by atoms with Gasteiger partial charge in [-0.25, -0.2) is 5.01 Å². The summed E-state index contributed by atoms with van der Waals surface area (Å²) in [6.07, 6.45) is 2.03.